The van der Waals surface area contributed by atoms with Crippen molar-refractivity contribution >= 4 is 5.91 Å². The quantitative estimate of drug-likeness (QED) is 0.897. The van der Waals surface area contributed by atoms with Crippen LogP contribution in [-0.2, 0) is 4.79 Å². The van der Waals surface area contributed by atoms with Crippen molar-refractivity contribution in [3.05, 3.63) is 11.7 Å². The number of aryl methyl sites for hydroxylation is 1. The van der Waals surface area contributed by atoms with Crippen LogP contribution in [0.3, 0.4) is 0 Å². The molecule has 3 rings (SSSR count). The summed E-state index contributed by atoms with van der Waals surface area (Å²) in [6, 6.07) is 0.288. The van der Waals surface area contributed by atoms with Crippen molar-refractivity contribution < 1.29 is 9.32 Å². The van der Waals surface area contributed by atoms with Crippen LogP contribution in [0.1, 0.15) is 50.4 Å². The average molecular weight is 321 g/mol. The van der Waals surface area contributed by atoms with Gasteiger partial charge in [-0.3, -0.25) is 9.69 Å². The fraction of sp³-hybridized carbons (Fsp3) is 0.812. The third kappa shape index (κ3) is 3.72. The minimum atomic E-state index is 0.0940. The Morgan fingerprint density at radius 3 is 2.65 bits per heavy atom. The van der Waals surface area contributed by atoms with Crippen molar-refractivity contribution in [2.24, 2.45) is 11.7 Å². The molecule has 7 heteroatoms. The zero-order valence-corrected chi connectivity index (χ0v) is 14.1. The van der Waals surface area contributed by atoms with Gasteiger partial charge in [-0.2, -0.15) is 4.98 Å². The van der Waals surface area contributed by atoms with Gasteiger partial charge in [0.25, 0.3) is 0 Å². The highest BCUT2D eigenvalue weighted by Crippen LogP contribution is 2.26. The Kier molecular flexibility index (Phi) is 4.96. The summed E-state index contributed by atoms with van der Waals surface area (Å²) in [5.74, 6) is 1.73. The van der Waals surface area contributed by atoms with Crippen molar-refractivity contribution in [1.29, 1.82) is 0 Å². The summed E-state index contributed by atoms with van der Waals surface area (Å²) in [5.41, 5.74) is 6.02. The maximum atomic E-state index is 12.7. The molecule has 0 spiro atoms. The largest absolute Gasteiger partial charge is 0.340 e. The molecule has 3 unspecified atom stereocenters. The highest BCUT2D eigenvalue weighted by Gasteiger charge is 2.32. The summed E-state index contributed by atoms with van der Waals surface area (Å²) in [6.45, 7) is 7.11. The molecule has 1 aliphatic carbocycles. The summed E-state index contributed by atoms with van der Waals surface area (Å²) in [5, 5.41) is 3.85. The number of rotatable bonds is 3. The molecular formula is C16H27N5O2. The molecule has 1 amide bonds. The molecule has 2 N–H and O–H groups in total. The van der Waals surface area contributed by atoms with E-state index in [4.69, 9.17) is 10.3 Å². The lowest BCUT2D eigenvalue weighted by Crippen LogP contribution is -2.51. The van der Waals surface area contributed by atoms with Crippen molar-refractivity contribution in [3.8, 4) is 0 Å². The lowest BCUT2D eigenvalue weighted by Gasteiger charge is -2.39. The molecule has 7 nitrogen and oxygen atoms in total. The summed E-state index contributed by atoms with van der Waals surface area (Å²) >= 11 is 0. The van der Waals surface area contributed by atoms with E-state index in [0.29, 0.717) is 17.6 Å². The van der Waals surface area contributed by atoms with E-state index >= 15 is 0 Å². The average Bonchev–Trinajstić information content (AvgIpc) is 3.00. The molecule has 128 valence electrons. The zero-order valence-electron chi connectivity index (χ0n) is 14.1. The van der Waals surface area contributed by atoms with Crippen LogP contribution in [0.25, 0.3) is 0 Å². The van der Waals surface area contributed by atoms with Gasteiger partial charge in [0.1, 0.15) is 0 Å². The Bertz CT molecular complexity index is 538. The summed E-state index contributed by atoms with van der Waals surface area (Å²) in [7, 11) is 0. The molecule has 1 aromatic heterocycles. The number of carbonyl (C=O) groups excluding carboxylic acids is 1. The van der Waals surface area contributed by atoms with Crippen molar-refractivity contribution in [3.63, 3.8) is 0 Å². The van der Waals surface area contributed by atoms with Gasteiger partial charge in [-0.1, -0.05) is 11.6 Å². The standard InChI is InChI=1S/C16H27N5O2/c1-11(15-18-12(2)19-23-15)20-6-8-21(9-7-20)16(22)13-4-3-5-14(17)10-13/h11,13-14H,3-10,17H2,1-2H3. The lowest BCUT2D eigenvalue weighted by atomic mass is 9.85. The Labute approximate surface area is 137 Å². The number of nitrogens with two attached hydrogens (primary N) is 1. The van der Waals surface area contributed by atoms with Crippen LogP contribution in [0.4, 0.5) is 0 Å². The van der Waals surface area contributed by atoms with Crippen LogP contribution in [0.2, 0.25) is 0 Å². The van der Waals surface area contributed by atoms with E-state index in [9.17, 15) is 4.79 Å². The van der Waals surface area contributed by atoms with Gasteiger partial charge >= 0.3 is 0 Å². The van der Waals surface area contributed by atoms with Crippen LogP contribution in [0, 0.1) is 12.8 Å². The number of amides is 1. The van der Waals surface area contributed by atoms with E-state index < -0.39 is 0 Å². The van der Waals surface area contributed by atoms with Gasteiger partial charge in [-0.05, 0) is 33.1 Å². The molecule has 1 aliphatic heterocycles. The van der Waals surface area contributed by atoms with E-state index in [2.05, 4.69) is 22.0 Å². The van der Waals surface area contributed by atoms with E-state index in [1.807, 2.05) is 11.8 Å². The molecule has 0 aromatic carbocycles. The second-order valence-electron chi connectivity index (χ2n) is 6.84. The predicted molar refractivity (Wildman–Crippen MR) is 85.5 cm³/mol. The molecule has 1 saturated heterocycles. The molecule has 1 saturated carbocycles. The van der Waals surface area contributed by atoms with Gasteiger partial charge in [-0.15, -0.1) is 0 Å². The van der Waals surface area contributed by atoms with Gasteiger partial charge in [0, 0.05) is 38.1 Å². The van der Waals surface area contributed by atoms with Crippen LogP contribution in [-0.4, -0.2) is 58.1 Å². The minimum absolute atomic E-state index is 0.0940. The normalized spacial score (nSPS) is 27.9. The van der Waals surface area contributed by atoms with Crippen LogP contribution in [0.5, 0.6) is 0 Å². The second-order valence-corrected chi connectivity index (χ2v) is 6.84. The van der Waals surface area contributed by atoms with Gasteiger partial charge in [0.15, 0.2) is 5.82 Å². The number of nitrogens with zero attached hydrogens (tertiary/aromatic N) is 4. The summed E-state index contributed by atoms with van der Waals surface area (Å²) < 4.78 is 5.26. The predicted octanol–water partition coefficient (Wildman–Crippen LogP) is 1.10. The lowest BCUT2D eigenvalue weighted by molar-refractivity contribution is -0.138. The molecule has 2 heterocycles. The van der Waals surface area contributed by atoms with Crippen molar-refractivity contribution in [2.75, 3.05) is 26.2 Å². The minimum Gasteiger partial charge on any atom is -0.340 e. The van der Waals surface area contributed by atoms with Crippen LogP contribution < -0.4 is 5.73 Å². The maximum absolute atomic E-state index is 12.7. The Morgan fingerprint density at radius 2 is 2.04 bits per heavy atom. The van der Waals surface area contributed by atoms with Crippen molar-refractivity contribution in [1.82, 2.24) is 19.9 Å². The van der Waals surface area contributed by atoms with E-state index in [0.717, 1.165) is 51.9 Å². The van der Waals surface area contributed by atoms with Crippen LogP contribution >= 0.6 is 0 Å². The smallest absolute Gasteiger partial charge is 0.243 e. The first-order chi connectivity index (χ1) is 11.0. The van der Waals surface area contributed by atoms with Gasteiger partial charge in [-0.25, -0.2) is 0 Å². The zero-order chi connectivity index (χ0) is 16.4. The first-order valence-corrected chi connectivity index (χ1v) is 8.63. The molecule has 3 atom stereocenters. The SMILES string of the molecule is Cc1noc(C(C)N2CCN(C(=O)C3CCCC(N)C3)CC2)n1. The molecule has 2 fully saturated rings. The van der Waals surface area contributed by atoms with Gasteiger partial charge in [0.2, 0.25) is 11.8 Å². The molecular weight excluding hydrogens is 294 g/mol. The third-order valence-corrected chi connectivity index (χ3v) is 5.14. The van der Waals surface area contributed by atoms with E-state index in [-0.39, 0.29) is 18.0 Å². The van der Waals surface area contributed by atoms with E-state index in [1.54, 1.807) is 0 Å². The van der Waals surface area contributed by atoms with Crippen molar-refractivity contribution in [2.45, 2.75) is 51.6 Å². The topological polar surface area (TPSA) is 88.5 Å². The second kappa shape index (κ2) is 6.97. The third-order valence-electron chi connectivity index (χ3n) is 5.14. The first kappa shape index (κ1) is 16.4. The highest BCUT2D eigenvalue weighted by atomic mass is 16.5. The molecule has 0 radical (unpaired) electrons. The van der Waals surface area contributed by atoms with Crippen LogP contribution in [0.15, 0.2) is 4.52 Å². The maximum Gasteiger partial charge on any atom is 0.243 e. The molecule has 23 heavy (non-hydrogen) atoms. The molecule has 2 aliphatic rings. The number of aromatic nitrogens is 2. The highest BCUT2D eigenvalue weighted by molar-refractivity contribution is 5.79. The number of carbonyl (C=O) groups is 1. The number of hydrogen-bond acceptors (Lipinski definition) is 6. The molecule has 0 bridgehead atoms. The Morgan fingerprint density at radius 1 is 1.30 bits per heavy atom. The van der Waals surface area contributed by atoms with Gasteiger partial charge < -0.3 is 15.2 Å². The molecule has 1 aromatic rings. The fourth-order valence-electron chi connectivity index (χ4n) is 3.68. The fourth-order valence-corrected chi connectivity index (χ4v) is 3.68. The van der Waals surface area contributed by atoms with Gasteiger partial charge in [0.05, 0.1) is 6.04 Å². The Balaban J connectivity index is 1.52. The summed E-state index contributed by atoms with van der Waals surface area (Å²) in [4.78, 5) is 21.3. The van der Waals surface area contributed by atoms with E-state index in [1.165, 1.54) is 0 Å². The Hall–Kier alpha value is -1.47. The first-order valence-electron chi connectivity index (χ1n) is 8.63. The number of hydrogen-bond donors (Lipinski definition) is 1. The monoisotopic (exact) mass is 321 g/mol. The summed E-state index contributed by atoms with van der Waals surface area (Å²) in [6.07, 6.45) is 3.96. The number of piperazine rings is 1.